The lowest BCUT2D eigenvalue weighted by Gasteiger charge is -2.20. The van der Waals surface area contributed by atoms with Crippen LogP contribution in [0.25, 0.3) is 0 Å². The Bertz CT molecular complexity index is 324. The Labute approximate surface area is 104 Å². The normalized spacial score (nSPS) is 15.2. The number of hydrogen-bond acceptors (Lipinski definition) is 4. The molecule has 1 heterocycles. The molecule has 0 bridgehead atoms. The number of ether oxygens (including phenoxy) is 1. The van der Waals surface area contributed by atoms with Gasteiger partial charge in [0, 0.05) is 25.6 Å². The molecular weight excluding hydrogens is 216 g/mol. The van der Waals surface area contributed by atoms with E-state index in [2.05, 4.69) is 36.2 Å². The molecule has 1 N–H and O–H groups in total. The van der Waals surface area contributed by atoms with Crippen LogP contribution < -0.4 is 5.32 Å². The first-order chi connectivity index (χ1) is 8.08. The highest BCUT2D eigenvalue weighted by Gasteiger charge is 2.16. The Morgan fingerprint density at radius 3 is 2.65 bits per heavy atom. The van der Waals surface area contributed by atoms with Gasteiger partial charge in [0.15, 0.2) is 0 Å². The van der Waals surface area contributed by atoms with E-state index in [-0.39, 0.29) is 6.10 Å². The number of aromatic nitrogens is 3. The minimum absolute atomic E-state index is 0.253. The molecule has 0 fully saturated rings. The molecule has 2 atom stereocenters. The van der Waals surface area contributed by atoms with Gasteiger partial charge in [-0.05, 0) is 34.2 Å². The van der Waals surface area contributed by atoms with Crippen LogP contribution in [0.15, 0.2) is 6.33 Å². The van der Waals surface area contributed by atoms with Gasteiger partial charge in [-0.25, -0.2) is 9.67 Å². The van der Waals surface area contributed by atoms with Gasteiger partial charge < -0.3 is 10.1 Å². The first-order valence-electron chi connectivity index (χ1n) is 6.16. The van der Waals surface area contributed by atoms with E-state index in [1.807, 2.05) is 11.7 Å². The number of nitrogens with one attached hydrogen (secondary N) is 1. The smallest absolute Gasteiger partial charge is 0.138 e. The van der Waals surface area contributed by atoms with Crippen molar-refractivity contribution in [2.45, 2.75) is 51.8 Å². The molecule has 1 aromatic rings. The fourth-order valence-corrected chi connectivity index (χ4v) is 1.87. The summed E-state index contributed by atoms with van der Waals surface area (Å²) < 4.78 is 7.27. The summed E-state index contributed by atoms with van der Waals surface area (Å²) in [4.78, 5) is 4.33. The predicted octanol–water partition coefficient (Wildman–Crippen LogP) is 1.41. The van der Waals surface area contributed by atoms with Crippen LogP contribution in [0.3, 0.4) is 0 Å². The van der Waals surface area contributed by atoms with E-state index in [1.54, 1.807) is 13.4 Å². The zero-order valence-corrected chi connectivity index (χ0v) is 11.5. The lowest BCUT2D eigenvalue weighted by atomic mass is 10.1. The largest absolute Gasteiger partial charge is 0.382 e. The second-order valence-corrected chi connectivity index (χ2v) is 4.69. The standard InChI is InChI=1S/C12H24N4O/c1-9(2)16-12(14-8-15-16)7-11(13-4)6-10(3)17-5/h8-11,13H,6-7H2,1-5H3. The molecule has 0 aliphatic heterocycles. The van der Waals surface area contributed by atoms with E-state index >= 15 is 0 Å². The summed E-state index contributed by atoms with van der Waals surface area (Å²) in [5.41, 5.74) is 0. The first-order valence-corrected chi connectivity index (χ1v) is 6.16. The van der Waals surface area contributed by atoms with Crippen molar-refractivity contribution in [2.24, 2.45) is 0 Å². The molecule has 5 heteroatoms. The van der Waals surface area contributed by atoms with Crippen molar-refractivity contribution >= 4 is 0 Å². The van der Waals surface area contributed by atoms with E-state index in [0.29, 0.717) is 12.1 Å². The van der Waals surface area contributed by atoms with Gasteiger partial charge in [0.1, 0.15) is 12.2 Å². The van der Waals surface area contributed by atoms with Crippen molar-refractivity contribution in [2.75, 3.05) is 14.2 Å². The molecule has 98 valence electrons. The van der Waals surface area contributed by atoms with Crippen LogP contribution in [0.5, 0.6) is 0 Å². The zero-order valence-electron chi connectivity index (χ0n) is 11.5. The molecule has 0 aliphatic carbocycles. The van der Waals surface area contributed by atoms with E-state index in [9.17, 15) is 0 Å². The lowest BCUT2D eigenvalue weighted by molar-refractivity contribution is 0.101. The molecule has 0 aromatic carbocycles. The highest BCUT2D eigenvalue weighted by molar-refractivity contribution is 4.91. The van der Waals surface area contributed by atoms with E-state index in [4.69, 9.17) is 4.74 Å². The third-order valence-corrected chi connectivity index (χ3v) is 2.99. The number of hydrogen-bond donors (Lipinski definition) is 1. The molecule has 0 radical (unpaired) electrons. The van der Waals surface area contributed by atoms with Crippen molar-refractivity contribution in [3.8, 4) is 0 Å². The summed E-state index contributed by atoms with van der Waals surface area (Å²) in [6.07, 6.45) is 3.73. The van der Waals surface area contributed by atoms with Crippen molar-refractivity contribution in [1.29, 1.82) is 0 Å². The Balaban J connectivity index is 2.64. The number of nitrogens with zero attached hydrogens (tertiary/aromatic N) is 3. The molecule has 17 heavy (non-hydrogen) atoms. The van der Waals surface area contributed by atoms with E-state index in [0.717, 1.165) is 18.7 Å². The molecular formula is C12H24N4O. The van der Waals surface area contributed by atoms with E-state index < -0.39 is 0 Å². The van der Waals surface area contributed by atoms with Crippen LogP contribution in [0, 0.1) is 0 Å². The highest BCUT2D eigenvalue weighted by atomic mass is 16.5. The second kappa shape index (κ2) is 6.71. The van der Waals surface area contributed by atoms with Crippen LogP contribution in [0.4, 0.5) is 0 Å². The molecule has 1 aromatic heterocycles. The van der Waals surface area contributed by atoms with Crippen LogP contribution in [0.1, 0.15) is 39.1 Å². The van der Waals surface area contributed by atoms with Crippen LogP contribution in [-0.2, 0) is 11.2 Å². The van der Waals surface area contributed by atoms with Crippen molar-refractivity contribution in [3.05, 3.63) is 12.2 Å². The maximum Gasteiger partial charge on any atom is 0.138 e. The molecule has 0 aliphatic rings. The Morgan fingerprint density at radius 2 is 2.12 bits per heavy atom. The van der Waals surface area contributed by atoms with Gasteiger partial charge in [0.25, 0.3) is 0 Å². The minimum atomic E-state index is 0.253. The van der Waals surface area contributed by atoms with Gasteiger partial charge in [-0.1, -0.05) is 0 Å². The molecule has 2 unspecified atom stereocenters. The molecule has 0 amide bonds. The van der Waals surface area contributed by atoms with Gasteiger partial charge in [-0.2, -0.15) is 5.10 Å². The first kappa shape index (κ1) is 14.1. The van der Waals surface area contributed by atoms with Crippen molar-refractivity contribution in [1.82, 2.24) is 20.1 Å². The van der Waals surface area contributed by atoms with Gasteiger partial charge in [-0.3, -0.25) is 0 Å². The topological polar surface area (TPSA) is 52.0 Å². The average Bonchev–Trinajstić information content (AvgIpc) is 2.76. The minimum Gasteiger partial charge on any atom is -0.382 e. The van der Waals surface area contributed by atoms with E-state index in [1.165, 1.54) is 0 Å². The molecule has 0 saturated carbocycles. The number of likely N-dealkylation sites (N-methyl/N-ethyl adjacent to an activating group) is 1. The van der Waals surface area contributed by atoms with Crippen molar-refractivity contribution in [3.63, 3.8) is 0 Å². The molecule has 0 spiro atoms. The fraction of sp³-hybridized carbons (Fsp3) is 0.833. The second-order valence-electron chi connectivity index (χ2n) is 4.69. The molecule has 0 saturated heterocycles. The average molecular weight is 240 g/mol. The predicted molar refractivity (Wildman–Crippen MR) is 68.0 cm³/mol. The van der Waals surface area contributed by atoms with Crippen molar-refractivity contribution < 1.29 is 4.74 Å². The SMILES string of the molecule is CNC(Cc1ncnn1C(C)C)CC(C)OC. The zero-order chi connectivity index (χ0) is 12.8. The van der Waals surface area contributed by atoms with Gasteiger partial charge in [0.2, 0.25) is 0 Å². The summed E-state index contributed by atoms with van der Waals surface area (Å²) in [6, 6.07) is 0.719. The maximum atomic E-state index is 5.30. The Morgan fingerprint density at radius 1 is 1.41 bits per heavy atom. The van der Waals surface area contributed by atoms with Gasteiger partial charge >= 0.3 is 0 Å². The van der Waals surface area contributed by atoms with Crippen LogP contribution in [-0.4, -0.2) is 41.1 Å². The highest BCUT2D eigenvalue weighted by Crippen LogP contribution is 2.10. The summed E-state index contributed by atoms with van der Waals surface area (Å²) in [5.74, 6) is 1.03. The number of rotatable bonds is 7. The summed E-state index contributed by atoms with van der Waals surface area (Å²) in [5, 5.41) is 7.56. The summed E-state index contributed by atoms with van der Waals surface area (Å²) in [6.45, 7) is 6.31. The quantitative estimate of drug-likeness (QED) is 0.783. The van der Waals surface area contributed by atoms with Crippen LogP contribution in [0.2, 0.25) is 0 Å². The third kappa shape index (κ3) is 4.09. The third-order valence-electron chi connectivity index (χ3n) is 2.99. The fourth-order valence-electron chi connectivity index (χ4n) is 1.87. The van der Waals surface area contributed by atoms with Crippen LogP contribution >= 0.6 is 0 Å². The Kier molecular flexibility index (Phi) is 5.58. The lowest BCUT2D eigenvalue weighted by Crippen LogP contribution is -2.32. The molecule has 1 rings (SSSR count). The molecule has 5 nitrogen and oxygen atoms in total. The number of methoxy groups -OCH3 is 1. The Hall–Kier alpha value is -0.940. The van der Waals surface area contributed by atoms with Gasteiger partial charge in [0.05, 0.1) is 6.10 Å². The van der Waals surface area contributed by atoms with Gasteiger partial charge in [-0.15, -0.1) is 0 Å². The monoisotopic (exact) mass is 240 g/mol. The summed E-state index contributed by atoms with van der Waals surface area (Å²) >= 11 is 0. The summed E-state index contributed by atoms with van der Waals surface area (Å²) in [7, 11) is 3.72. The maximum absolute atomic E-state index is 5.30.